The van der Waals surface area contributed by atoms with Crippen LogP contribution in [0.5, 0.6) is 11.5 Å². The van der Waals surface area contributed by atoms with E-state index in [1.54, 1.807) is 25.6 Å². The van der Waals surface area contributed by atoms with E-state index in [1.165, 1.54) is 13.0 Å². The van der Waals surface area contributed by atoms with Crippen LogP contribution in [0.2, 0.25) is 0 Å². The fourth-order valence-electron chi connectivity index (χ4n) is 1.33. The molecule has 2 nitrogen and oxygen atoms in total. The second kappa shape index (κ2) is 3.94. The van der Waals surface area contributed by atoms with Gasteiger partial charge in [0.25, 0.3) is 0 Å². The highest BCUT2D eigenvalue weighted by atomic mass is 127. The maximum Gasteiger partial charge on any atom is 0.140 e. The lowest BCUT2D eigenvalue weighted by atomic mass is 10.2. The molecule has 0 aliphatic carbocycles. The van der Waals surface area contributed by atoms with Gasteiger partial charge in [-0.2, -0.15) is 0 Å². The van der Waals surface area contributed by atoms with Gasteiger partial charge in [0.15, 0.2) is 0 Å². The molecule has 74 valence electrons. The largest absolute Gasteiger partial charge is 0.497 e. The highest BCUT2D eigenvalue weighted by molar-refractivity contribution is 14.1. The summed E-state index contributed by atoms with van der Waals surface area (Å²) < 4.78 is 12.9. The van der Waals surface area contributed by atoms with Gasteiger partial charge >= 0.3 is 0 Å². The molecule has 4 heteroatoms. The third kappa shape index (κ3) is 1.68. The molecule has 0 atom stereocenters. The van der Waals surface area contributed by atoms with Crippen molar-refractivity contribution in [3.63, 3.8) is 0 Å². The van der Waals surface area contributed by atoms with E-state index >= 15 is 0 Å². The molecule has 0 spiro atoms. The average Bonchev–Trinajstić information content (AvgIpc) is 2.56. The molecule has 1 aromatic carbocycles. The van der Waals surface area contributed by atoms with E-state index in [1.807, 2.05) is 12.1 Å². The van der Waals surface area contributed by atoms with Crippen molar-refractivity contribution < 1.29 is 9.47 Å². The number of benzene rings is 1. The van der Waals surface area contributed by atoms with Gasteiger partial charge in [-0.25, -0.2) is 0 Å². The second-order valence-electron chi connectivity index (χ2n) is 2.80. The third-order valence-corrected chi connectivity index (χ3v) is 3.91. The zero-order valence-corrected chi connectivity index (χ0v) is 10.8. The molecule has 1 aromatic heterocycles. The Kier molecular flexibility index (Phi) is 2.83. The monoisotopic (exact) mass is 320 g/mol. The molecule has 0 unspecified atom stereocenters. The maximum atomic E-state index is 5.31. The first kappa shape index (κ1) is 10.0. The lowest BCUT2D eigenvalue weighted by molar-refractivity contribution is 0.398. The van der Waals surface area contributed by atoms with E-state index in [0.717, 1.165) is 11.5 Å². The third-order valence-electron chi connectivity index (χ3n) is 1.98. The molecule has 0 fully saturated rings. The van der Waals surface area contributed by atoms with Crippen LogP contribution < -0.4 is 9.47 Å². The van der Waals surface area contributed by atoms with Crippen LogP contribution in [0.15, 0.2) is 18.2 Å². The van der Waals surface area contributed by atoms with Crippen LogP contribution in [0.4, 0.5) is 0 Å². The van der Waals surface area contributed by atoms with E-state index in [4.69, 9.17) is 9.47 Å². The number of hydrogen-bond donors (Lipinski definition) is 0. The topological polar surface area (TPSA) is 18.5 Å². The lowest BCUT2D eigenvalue weighted by Crippen LogP contribution is -1.86. The minimum absolute atomic E-state index is 0.837. The van der Waals surface area contributed by atoms with E-state index in [0.29, 0.717) is 0 Å². The molecule has 0 aliphatic heterocycles. The first-order valence-electron chi connectivity index (χ1n) is 4.05. The Morgan fingerprint density at radius 1 is 1.14 bits per heavy atom. The van der Waals surface area contributed by atoms with E-state index < -0.39 is 0 Å². The van der Waals surface area contributed by atoms with E-state index in [9.17, 15) is 0 Å². The summed E-state index contributed by atoms with van der Waals surface area (Å²) in [4.78, 5) is 0. The molecule has 0 radical (unpaired) electrons. The normalized spacial score (nSPS) is 10.5. The second-order valence-corrected chi connectivity index (χ2v) is 5.74. The summed E-state index contributed by atoms with van der Waals surface area (Å²) in [5.74, 6) is 1.72. The predicted molar refractivity (Wildman–Crippen MR) is 67.6 cm³/mol. The highest BCUT2D eigenvalue weighted by Gasteiger charge is 2.08. The first-order chi connectivity index (χ1) is 6.74. The zero-order chi connectivity index (χ0) is 10.1. The molecule has 0 amide bonds. The summed E-state index contributed by atoms with van der Waals surface area (Å²) >= 11 is 4.04. The summed E-state index contributed by atoms with van der Waals surface area (Å²) in [7, 11) is 3.35. The van der Waals surface area contributed by atoms with Crippen LogP contribution in [0.25, 0.3) is 10.1 Å². The Balaban J connectivity index is 2.72. The Bertz CT molecular complexity index is 464. The van der Waals surface area contributed by atoms with Crippen molar-refractivity contribution >= 4 is 44.0 Å². The fourth-order valence-corrected chi connectivity index (χ4v) is 3.19. The van der Waals surface area contributed by atoms with E-state index in [-0.39, 0.29) is 0 Å². The number of fused-ring (bicyclic) bond motifs is 1. The summed E-state index contributed by atoms with van der Waals surface area (Å²) in [5, 5.41) is 1.18. The average molecular weight is 320 g/mol. The van der Waals surface area contributed by atoms with Gasteiger partial charge in [-0.1, -0.05) is 0 Å². The number of methoxy groups -OCH3 is 2. The van der Waals surface area contributed by atoms with Gasteiger partial charge in [0, 0.05) is 11.5 Å². The number of thiophene rings is 1. The molecule has 1 heterocycles. The number of ether oxygens (including phenoxy) is 2. The quantitative estimate of drug-likeness (QED) is 0.788. The van der Waals surface area contributed by atoms with Crippen molar-refractivity contribution in [2.45, 2.75) is 0 Å². The molecule has 0 saturated heterocycles. The highest BCUT2D eigenvalue weighted by Crippen LogP contribution is 2.37. The van der Waals surface area contributed by atoms with Gasteiger partial charge < -0.3 is 9.47 Å². The van der Waals surface area contributed by atoms with Gasteiger partial charge in [-0.05, 0) is 34.7 Å². The van der Waals surface area contributed by atoms with Crippen molar-refractivity contribution in [3.05, 3.63) is 21.1 Å². The van der Waals surface area contributed by atoms with E-state index in [2.05, 4.69) is 28.7 Å². The van der Waals surface area contributed by atoms with Crippen molar-refractivity contribution in [2.75, 3.05) is 14.2 Å². The van der Waals surface area contributed by atoms with Crippen LogP contribution in [0, 0.1) is 2.88 Å². The molecular formula is C10H9IO2S. The molecule has 2 rings (SSSR count). The van der Waals surface area contributed by atoms with Crippen molar-refractivity contribution in [1.29, 1.82) is 0 Å². The van der Waals surface area contributed by atoms with Gasteiger partial charge in [-0.3, -0.25) is 0 Å². The van der Waals surface area contributed by atoms with Crippen LogP contribution >= 0.6 is 33.9 Å². The Morgan fingerprint density at radius 2 is 1.93 bits per heavy atom. The van der Waals surface area contributed by atoms with Crippen molar-refractivity contribution in [2.24, 2.45) is 0 Å². The summed E-state index contributed by atoms with van der Waals surface area (Å²) in [6.07, 6.45) is 0. The van der Waals surface area contributed by atoms with Crippen molar-refractivity contribution in [1.82, 2.24) is 0 Å². The van der Waals surface area contributed by atoms with Gasteiger partial charge in [0.05, 0.1) is 21.8 Å². The van der Waals surface area contributed by atoms with Crippen molar-refractivity contribution in [3.8, 4) is 11.5 Å². The standard InChI is InChI=1S/C10H9IO2S/c1-12-7-3-6-4-9(11)14-10(6)8(5-7)13-2/h3-5H,1-2H3. The summed E-state index contributed by atoms with van der Waals surface area (Å²) in [5.41, 5.74) is 0. The van der Waals surface area contributed by atoms with Gasteiger partial charge in [-0.15, -0.1) is 11.3 Å². The summed E-state index contributed by atoms with van der Waals surface area (Å²) in [6.45, 7) is 0. The molecule has 0 bridgehead atoms. The SMILES string of the molecule is COc1cc(OC)c2sc(I)cc2c1. The number of rotatable bonds is 2. The molecule has 14 heavy (non-hydrogen) atoms. The summed E-state index contributed by atoms with van der Waals surface area (Å²) in [6, 6.07) is 6.07. The Labute approximate surface area is 100.0 Å². The van der Waals surface area contributed by atoms with Gasteiger partial charge in [0.1, 0.15) is 11.5 Å². The lowest BCUT2D eigenvalue weighted by Gasteiger charge is -2.04. The molecular weight excluding hydrogens is 311 g/mol. The van der Waals surface area contributed by atoms with Gasteiger partial charge in [0.2, 0.25) is 0 Å². The van der Waals surface area contributed by atoms with Crippen LogP contribution in [-0.2, 0) is 0 Å². The minimum atomic E-state index is 0.837. The smallest absolute Gasteiger partial charge is 0.140 e. The predicted octanol–water partition coefficient (Wildman–Crippen LogP) is 3.52. The molecule has 2 aromatic rings. The van der Waals surface area contributed by atoms with Crippen LogP contribution in [0.1, 0.15) is 0 Å². The van der Waals surface area contributed by atoms with Crippen LogP contribution in [0.3, 0.4) is 0 Å². The minimum Gasteiger partial charge on any atom is -0.497 e. The van der Waals surface area contributed by atoms with Crippen LogP contribution in [-0.4, -0.2) is 14.2 Å². The Morgan fingerprint density at radius 3 is 2.57 bits per heavy atom. The molecule has 0 N–H and O–H groups in total. The number of hydrogen-bond acceptors (Lipinski definition) is 3. The fraction of sp³-hybridized carbons (Fsp3) is 0.200. The zero-order valence-electron chi connectivity index (χ0n) is 7.83. The number of halogens is 1. The molecule has 0 saturated carbocycles. The first-order valence-corrected chi connectivity index (χ1v) is 5.95. The maximum absolute atomic E-state index is 5.31. The Hall–Kier alpha value is -0.490. The molecule has 0 aliphatic rings.